The van der Waals surface area contributed by atoms with Gasteiger partial charge < -0.3 is 5.73 Å². The molecule has 0 bridgehead atoms. The summed E-state index contributed by atoms with van der Waals surface area (Å²) in [4.78, 5) is 7.36. The van der Waals surface area contributed by atoms with Crippen LogP contribution in [-0.2, 0) is 15.8 Å². The van der Waals surface area contributed by atoms with Crippen LogP contribution in [0.1, 0.15) is 5.56 Å². The van der Waals surface area contributed by atoms with Crippen LogP contribution in [-0.4, -0.2) is 18.4 Å². The lowest BCUT2D eigenvalue weighted by Gasteiger charge is -2.08. The standard InChI is InChI=1S/C11H10Cl2N4O2S/c12-9-5-10(16-11(13)15-9)17-20(18,19)6-7-2-1-3-8(14)4-7/h1-5H,6,14H2,(H,15,16,17). The van der Waals surface area contributed by atoms with Gasteiger partial charge in [0.25, 0.3) is 0 Å². The van der Waals surface area contributed by atoms with Crippen LogP contribution in [0.5, 0.6) is 0 Å². The Labute approximate surface area is 126 Å². The number of sulfonamides is 1. The molecule has 1 aromatic heterocycles. The van der Waals surface area contributed by atoms with Gasteiger partial charge in [0.05, 0.1) is 5.75 Å². The fraction of sp³-hybridized carbons (Fsp3) is 0.0909. The van der Waals surface area contributed by atoms with Crippen LogP contribution in [0.2, 0.25) is 10.4 Å². The lowest BCUT2D eigenvalue weighted by atomic mass is 10.2. The van der Waals surface area contributed by atoms with Gasteiger partial charge in [0.15, 0.2) is 0 Å². The highest BCUT2D eigenvalue weighted by Gasteiger charge is 2.14. The van der Waals surface area contributed by atoms with Gasteiger partial charge >= 0.3 is 0 Å². The van der Waals surface area contributed by atoms with Gasteiger partial charge in [-0.05, 0) is 29.3 Å². The number of hydrogen-bond donors (Lipinski definition) is 2. The summed E-state index contributed by atoms with van der Waals surface area (Å²) in [7, 11) is -3.65. The van der Waals surface area contributed by atoms with Crippen molar-refractivity contribution in [2.75, 3.05) is 10.5 Å². The number of rotatable bonds is 4. The number of hydrogen-bond acceptors (Lipinski definition) is 5. The van der Waals surface area contributed by atoms with Crippen molar-refractivity contribution in [1.82, 2.24) is 9.97 Å². The summed E-state index contributed by atoms with van der Waals surface area (Å²) in [6, 6.07) is 7.87. The summed E-state index contributed by atoms with van der Waals surface area (Å²) in [5.41, 5.74) is 6.65. The summed E-state index contributed by atoms with van der Waals surface area (Å²) in [6.45, 7) is 0. The van der Waals surface area contributed by atoms with Crippen molar-refractivity contribution in [3.05, 3.63) is 46.3 Å². The minimum atomic E-state index is -3.65. The molecule has 1 aromatic carbocycles. The number of nitrogens with two attached hydrogens (primary N) is 1. The van der Waals surface area contributed by atoms with E-state index in [1.807, 2.05) is 0 Å². The second-order valence-electron chi connectivity index (χ2n) is 3.95. The molecule has 0 atom stereocenters. The summed E-state index contributed by atoms with van der Waals surface area (Å²) in [6.07, 6.45) is 0. The number of aromatic nitrogens is 2. The molecule has 0 fully saturated rings. The van der Waals surface area contributed by atoms with Crippen LogP contribution in [0.15, 0.2) is 30.3 Å². The fourth-order valence-electron chi connectivity index (χ4n) is 1.54. The normalized spacial score (nSPS) is 11.3. The fourth-order valence-corrected chi connectivity index (χ4v) is 3.06. The van der Waals surface area contributed by atoms with Crippen molar-refractivity contribution in [2.45, 2.75) is 5.75 Å². The van der Waals surface area contributed by atoms with Gasteiger partial charge in [0.1, 0.15) is 11.0 Å². The maximum absolute atomic E-state index is 12.0. The molecule has 2 rings (SSSR count). The number of nitrogens with one attached hydrogen (secondary N) is 1. The molecule has 6 nitrogen and oxygen atoms in total. The molecule has 0 saturated carbocycles. The predicted molar refractivity (Wildman–Crippen MR) is 79.2 cm³/mol. The number of halogens is 2. The van der Waals surface area contributed by atoms with Crippen molar-refractivity contribution in [1.29, 1.82) is 0 Å². The molecular formula is C11H10Cl2N4O2S. The van der Waals surface area contributed by atoms with Gasteiger partial charge in [-0.15, -0.1) is 0 Å². The van der Waals surface area contributed by atoms with Crippen LogP contribution < -0.4 is 10.5 Å². The number of anilines is 2. The Morgan fingerprint density at radius 2 is 1.95 bits per heavy atom. The zero-order valence-electron chi connectivity index (χ0n) is 10.0. The molecule has 3 N–H and O–H groups in total. The highest BCUT2D eigenvalue weighted by Crippen LogP contribution is 2.17. The van der Waals surface area contributed by atoms with Crippen LogP contribution in [0, 0.1) is 0 Å². The quantitative estimate of drug-likeness (QED) is 0.508. The zero-order chi connectivity index (χ0) is 14.8. The molecule has 0 radical (unpaired) electrons. The highest BCUT2D eigenvalue weighted by molar-refractivity contribution is 7.91. The number of nitrogens with zero attached hydrogens (tertiary/aromatic N) is 2. The monoisotopic (exact) mass is 332 g/mol. The average molecular weight is 333 g/mol. The average Bonchev–Trinajstić information content (AvgIpc) is 2.25. The highest BCUT2D eigenvalue weighted by atomic mass is 35.5. The first-order valence-corrected chi connectivity index (χ1v) is 7.80. The largest absolute Gasteiger partial charge is 0.399 e. The lowest BCUT2D eigenvalue weighted by Crippen LogP contribution is -2.16. The molecule has 9 heteroatoms. The van der Waals surface area contributed by atoms with E-state index in [2.05, 4.69) is 14.7 Å². The Morgan fingerprint density at radius 1 is 1.20 bits per heavy atom. The molecular weight excluding hydrogens is 323 g/mol. The first-order valence-electron chi connectivity index (χ1n) is 5.39. The van der Waals surface area contributed by atoms with E-state index < -0.39 is 10.0 Å². The van der Waals surface area contributed by atoms with Gasteiger partial charge in [0.2, 0.25) is 15.3 Å². The van der Waals surface area contributed by atoms with Gasteiger partial charge in [-0.3, -0.25) is 4.72 Å². The molecule has 0 saturated heterocycles. The van der Waals surface area contributed by atoms with Crippen molar-refractivity contribution in [2.24, 2.45) is 0 Å². The van der Waals surface area contributed by atoms with E-state index in [0.29, 0.717) is 11.3 Å². The van der Waals surface area contributed by atoms with Gasteiger partial charge in [-0.2, -0.15) is 4.98 Å². The Balaban J connectivity index is 2.19. The van der Waals surface area contributed by atoms with E-state index in [1.165, 1.54) is 6.07 Å². The Morgan fingerprint density at radius 3 is 2.60 bits per heavy atom. The molecule has 0 aliphatic carbocycles. The second kappa shape index (κ2) is 5.82. The zero-order valence-corrected chi connectivity index (χ0v) is 12.4. The van der Waals surface area contributed by atoms with E-state index in [1.54, 1.807) is 24.3 Å². The maximum atomic E-state index is 12.0. The molecule has 0 aliphatic rings. The number of benzene rings is 1. The molecule has 0 unspecified atom stereocenters. The van der Waals surface area contributed by atoms with E-state index in [0.717, 1.165) is 0 Å². The first kappa shape index (κ1) is 14.8. The summed E-state index contributed by atoms with van der Waals surface area (Å²) in [5.74, 6) is -0.226. The smallest absolute Gasteiger partial charge is 0.238 e. The third-order valence-corrected chi connectivity index (χ3v) is 3.83. The van der Waals surface area contributed by atoms with E-state index in [9.17, 15) is 8.42 Å². The van der Waals surface area contributed by atoms with Crippen LogP contribution in [0.4, 0.5) is 11.5 Å². The van der Waals surface area contributed by atoms with E-state index in [-0.39, 0.29) is 22.0 Å². The van der Waals surface area contributed by atoms with E-state index >= 15 is 0 Å². The van der Waals surface area contributed by atoms with Crippen molar-refractivity contribution in [3.63, 3.8) is 0 Å². The third-order valence-electron chi connectivity index (χ3n) is 2.24. The first-order chi connectivity index (χ1) is 9.34. The van der Waals surface area contributed by atoms with Crippen molar-refractivity contribution < 1.29 is 8.42 Å². The maximum Gasteiger partial charge on any atom is 0.238 e. The van der Waals surface area contributed by atoms with Crippen molar-refractivity contribution in [3.8, 4) is 0 Å². The lowest BCUT2D eigenvalue weighted by molar-refractivity contribution is 0.600. The molecule has 1 heterocycles. The predicted octanol–water partition coefficient (Wildman–Crippen LogP) is 2.31. The second-order valence-corrected chi connectivity index (χ2v) is 6.40. The summed E-state index contributed by atoms with van der Waals surface area (Å²) in [5, 5.41) is -0.0918. The van der Waals surface area contributed by atoms with Crippen LogP contribution in [0.25, 0.3) is 0 Å². The topological polar surface area (TPSA) is 98.0 Å². The van der Waals surface area contributed by atoms with Gasteiger partial charge in [-0.1, -0.05) is 23.7 Å². The molecule has 0 spiro atoms. The number of nitrogen functional groups attached to an aromatic ring is 1. The van der Waals surface area contributed by atoms with E-state index in [4.69, 9.17) is 28.9 Å². The van der Waals surface area contributed by atoms with Crippen molar-refractivity contribution >= 4 is 44.7 Å². The molecule has 2 aromatic rings. The molecule has 106 valence electrons. The molecule has 0 amide bonds. The van der Waals surface area contributed by atoms with Gasteiger partial charge in [-0.25, -0.2) is 13.4 Å². The molecule has 0 aliphatic heterocycles. The Bertz CT molecular complexity index is 717. The minimum Gasteiger partial charge on any atom is -0.399 e. The van der Waals surface area contributed by atoms with Crippen LogP contribution in [0.3, 0.4) is 0 Å². The molecule has 20 heavy (non-hydrogen) atoms. The summed E-state index contributed by atoms with van der Waals surface area (Å²) >= 11 is 11.3. The SMILES string of the molecule is Nc1cccc(CS(=O)(=O)Nc2cc(Cl)nc(Cl)n2)c1. The Hall–Kier alpha value is -1.57. The third kappa shape index (κ3) is 4.22. The van der Waals surface area contributed by atoms with Crippen LogP contribution >= 0.6 is 23.2 Å². The summed E-state index contributed by atoms with van der Waals surface area (Å²) < 4.78 is 26.3. The minimum absolute atomic E-state index is 0.0129. The van der Waals surface area contributed by atoms with Gasteiger partial charge in [0, 0.05) is 11.8 Å². The Kier molecular flexibility index (Phi) is 4.32.